The molecule has 0 saturated heterocycles. The molecule has 4 aromatic carbocycles. The second-order valence-corrected chi connectivity index (χ2v) is 7.75. The molecule has 0 radical (unpaired) electrons. The van der Waals surface area contributed by atoms with Gasteiger partial charge in [0.1, 0.15) is 11.7 Å². The standard InChI is InChI=1S/C28H21NO2/c30-20-22-15-17-24(18-16-22)28(23-11-5-2-6-12-23)25-13-7-8-14-26(25)29(27(28)31)19-21-9-3-1-4-10-21/h1-18,20H,19H2. The lowest BCUT2D eigenvalue weighted by Crippen LogP contribution is -2.42. The number of rotatable bonds is 5. The number of nitrogens with zero attached hydrogens (tertiary/aromatic N) is 1. The van der Waals surface area contributed by atoms with Gasteiger partial charge in [-0.25, -0.2) is 0 Å². The van der Waals surface area contributed by atoms with Gasteiger partial charge in [-0.1, -0.05) is 103 Å². The molecule has 1 heterocycles. The van der Waals surface area contributed by atoms with E-state index in [-0.39, 0.29) is 5.91 Å². The average Bonchev–Trinajstić information content (AvgIpc) is 3.09. The zero-order valence-corrected chi connectivity index (χ0v) is 16.9. The smallest absolute Gasteiger partial charge is 0.247 e. The number of para-hydroxylation sites is 1. The van der Waals surface area contributed by atoms with Gasteiger partial charge in [-0.05, 0) is 22.8 Å². The zero-order valence-electron chi connectivity index (χ0n) is 16.9. The first-order chi connectivity index (χ1) is 15.2. The van der Waals surface area contributed by atoms with Crippen LogP contribution in [0.5, 0.6) is 0 Å². The highest BCUT2D eigenvalue weighted by molar-refractivity contribution is 6.13. The SMILES string of the molecule is O=Cc1ccc(C2(c3ccccc3)C(=O)N(Cc3ccccc3)c3ccccc32)cc1. The number of fused-ring (bicyclic) bond motifs is 1. The molecule has 1 unspecified atom stereocenters. The molecule has 0 aliphatic carbocycles. The Kier molecular flexibility index (Phi) is 4.72. The Bertz CT molecular complexity index is 1230. The minimum absolute atomic E-state index is 0.0163. The van der Waals surface area contributed by atoms with Crippen LogP contribution in [-0.2, 0) is 16.8 Å². The molecule has 5 rings (SSSR count). The maximum absolute atomic E-state index is 14.3. The van der Waals surface area contributed by atoms with E-state index in [1.165, 1.54) is 0 Å². The van der Waals surface area contributed by atoms with Crippen LogP contribution in [0.1, 0.15) is 32.6 Å². The van der Waals surface area contributed by atoms with Crippen LogP contribution in [0.4, 0.5) is 5.69 Å². The summed E-state index contributed by atoms with van der Waals surface area (Å²) in [7, 11) is 0. The Morgan fingerprint density at radius 2 is 1.26 bits per heavy atom. The molecule has 0 aromatic heterocycles. The molecule has 0 bridgehead atoms. The molecule has 3 heteroatoms. The number of amides is 1. The number of benzene rings is 4. The summed E-state index contributed by atoms with van der Waals surface area (Å²) >= 11 is 0. The van der Waals surface area contributed by atoms with Gasteiger partial charge in [0.25, 0.3) is 0 Å². The fraction of sp³-hybridized carbons (Fsp3) is 0.0714. The minimum atomic E-state index is -0.964. The van der Waals surface area contributed by atoms with Crippen molar-refractivity contribution in [3.05, 3.63) is 137 Å². The van der Waals surface area contributed by atoms with E-state index >= 15 is 0 Å². The normalized spacial score (nSPS) is 17.4. The number of anilines is 1. The van der Waals surface area contributed by atoms with E-state index in [0.717, 1.165) is 34.2 Å². The Morgan fingerprint density at radius 3 is 1.94 bits per heavy atom. The van der Waals surface area contributed by atoms with Crippen LogP contribution in [0.3, 0.4) is 0 Å². The maximum Gasteiger partial charge on any atom is 0.247 e. The molecule has 1 atom stereocenters. The van der Waals surface area contributed by atoms with E-state index in [4.69, 9.17) is 0 Å². The molecular weight excluding hydrogens is 382 g/mol. The van der Waals surface area contributed by atoms with Crippen molar-refractivity contribution in [3.63, 3.8) is 0 Å². The van der Waals surface area contributed by atoms with Gasteiger partial charge in [-0.3, -0.25) is 9.59 Å². The van der Waals surface area contributed by atoms with Crippen LogP contribution in [0, 0.1) is 0 Å². The molecule has 0 N–H and O–H groups in total. The lowest BCUT2D eigenvalue weighted by atomic mass is 9.70. The molecule has 4 aromatic rings. The Labute approximate surface area is 181 Å². The fourth-order valence-corrected chi connectivity index (χ4v) is 4.60. The Hall–Kier alpha value is -3.98. The van der Waals surface area contributed by atoms with Gasteiger partial charge in [0.05, 0.1) is 6.54 Å². The van der Waals surface area contributed by atoms with E-state index in [0.29, 0.717) is 12.1 Å². The second kappa shape index (κ2) is 7.69. The Balaban J connectivity index is 1.76. The van der Waals surface area contributed by atoms with Gasteiger partial charge in [0, 0.05) is 16.8 Å². The zero-order chi connectivity index (χ0) is 21.3. The van der Waals surface area contributed by atoms with Crippen molar-refractivity contribution in [2.45, 2.75) is 12.0 Å². The predicted molar refractivity (Wildman–Crippen MR) is 122 cm³/mol. The van der Waals surface area contributed by atoms with Crippen molar-refractivity contribution in [2.75, 3.05) is 4.90 Å². The second-order valence-electron chi connectivity index (χ2n) is 7.75. The third-order valence-corrected chi connectivity index (χ3v) is 6.03. The van der Waals surface area contributed by atoms with E-state index < -0.39 is 5.41 Å². The summed E-state index contributed by atoms with van der Waals surface area (Å²) in [5.41, 5.74) is 4.35. The third kappa shape index (κ3) is 2.98. The Morgan fingerprint density at radius 1 is 0.677 bits per heavy atom. The van der Waals surface area contributed by atoms with Gasteiger partial charge in [-0.2, -0.15) is 0 Å². The fourth-order valence-electron chi connectivity index (χ4n) is 4.60. The van der Waals surface area contributed by atoms with Gasteiger partial charge in [0.15, 0.2) is 0 Å². The molecule has 0 saturated carbocycles. The van der Waals surface area contributed by atoms with Gasteiger partial charge in [-0.15, -0.1) is 0 Å². The molecule has 1 aliphatic heterocycles. The number of carbonyl (C=O) groups excluding carboxylic acids is 2. The summed E-state index contributed by atoms with van der Waals surface area (Å²) in [6.07, 6.45) is 0.824. The molecule has 1 aliphatic rings. The van der Waals surface area contributed by atoms with Crippen molar-refractivity contribution in [2.24, 2.45) is 0 Å². The van der Waals surface area contributed by atoms with E-state index in [1.807, 2.05) is 102 Å². The highest BCUT2D eigenvalue weighted by Crippen LogP contribution is 2.50. The quantitative estimate of drug-likeness (QED) is 0.420. The number of carbonyl (C=O) groups is 2. The molecule has 3 nitrogen and oxygen atoms in total. The highest BCUT2D eigenvalue weighted by atomic mass is 16.2. The van der Waals surface area contributed by atoms with Gasteiger partial charge in [0.2, 0.25) is 5.91 Å². The monoisotopic (exact) mass is 403 g/mol. The molecule has 0 spiro atoms. The number of hydrogen-bond donors (Lipinski definition) is 0. The van der Waals surface area contributed by atoms with Crippen LogP contribution in [0.2, 0.25) is 0 Å². The van der Waals surface area contributed by atoms with Crippen molar-refractivity contribution in [1.29, 1.82) is 0 Å². The molecular formula is C28H21NO2. The van der Waals surface area contributed by atoms with Crippen LogP contribution in [0.15, 0.2) is 109 Å². The van der Waals surface area contributed by atoms with Gasteiger partial charge < -0.3 is 4.90 Å². The van der Waals surface area contributed by atoms with E-state index in [9.17, 15) is 9.59 Å². The first-order valence-electron chi connectivity index (χ1n) is 10.3. The van der Waals surface area contributed by atoms with Crippen LogP contribution >= 0.6 is 0 Å². The van der Waals surface area contributed by atoms with Crippen molar-refractivity contribution in [3.8, 4) is 0 Å². The van der Waals surface area contributed by atoms with Crippen LogP contribution in [-0.4, -0.2) is 12.2 Å². The first kappa shape index (κ1) is 19.0. The maximum atomic E-state index is 14.3. The first-order valence-corrected chi connectivity index (χ1v) is 10.3. The predicted octanol–water partition coefficient (Wildman–Crippen LogP) is 5.38. The van der Waals surface area contributed by atoms with Crippen LogP contribution < -0.4 is 4.90 Å². The molecule has 150 valence electrons. The van der Waals surface area contributed by atoms with E-state index in [1.54, 1.807) is 12.1 Å². The summed E-state index contributed by atoms with van der Waals surface area (Å²) in [6, 6.07) is 35.3. The summed E-state index contributed by atoms with van der Waals surface area (Å²) < 4.78 is 0. The molecule has 1 amide bonds. The van der Waals surface area contributed by atoms with Crippen LogP contribution in [0.25, 0.3) is 0 Å². The van der Waals surface area contributed by atoms with Gasteiger partial charge >= 0.3 is 0 Å². The topological polar surface area (TPSA) is 37.4 Å². The van der Waals surface area contributed by atoms with E-state index in [2.05, 4.69) is 0 Å². The van der Waals surface area contributed by atoms with Crippen molar-refractivity contribution >= 4 is 17.9 Å². The van der Waals surface area contributed by atoms with Crippen molar-refractivity contribution < 1.29 is 9.59 Å². The minimum Gasteiger partial charge on any atom is -0.306 e. The lowest BCUT2D eigenvalue weighted by Gasteiger charge is -2.30. The number of aldehydes is 1. The summed E-state index contributed by atoms with van der Waals surface area (Å²) in [5, 5.41) is 0. The summed E-state index contributed by atoms with van der Waals surface area (Å²) in [5.74, 6) is 0.0163. The third-order valence-electron chi connectivity index (χ3n) is 6.03. The molecule has 31 heavy (non-hydrogen) atoms. The largest absolute Gasteiger partial charge is 0.306 e. The lowest BCUT2D eigenvalue weighted by molar-refractivity contribution is -0.120. The number of hydrogen-bond acceptors (Lipinski definition) is 2. The summed E-state index contributed by atoms with van der Waals surface area (Å²) in [4.78, 5) is 27.4. The molecule has 0 fully saturated rings. The summed E-state index contributed by atoms with van der Waals surface area (Å²) in [6.45, 7) is 0.498. The average molecular weight is 403 g/mol. The van der Waals surface area contributed by atoms with Crippen molar-refractivity contribution in [1.82, 2.24) is 0 Å². The highest BCUT2D eigenvalue weighted by Gasteiger charge is 2.53.